The first kappa shape index (κ1) is 77.8. The van der Waals surface area contributed by atoms with Gasteiger partial charge in [0, 0.05) is 19.3 Å². The Balaban J connectivity index is 4.46. The van der Waals surface area contributed by atoms with Crippen molar-refractivity contribution in [3.63, 3.8) is 0 Å². The van der Waals surface area contributed by atoms with Crippen molar-refractivity contribution in [1.82, 2.24) is 0 Å². The van der Waals surface area contributed by atoms with Gasteiger partial charge in [-0.1, -0.05) is 290 Å². The molecule has 0 aromatic heterocycles. The monoisotopic (exact) mass is 1140 g/mol. The van der Waals surface area contributed by atoms with Crippen LogP contribution in [0.2, 0.25) is 0 Å². The van der Waals surface area contributed by atoms with E-state index in [4.69, 9.17) is 14.2 Å². The maximum atomic E-state index is 13.0. The van der Waals surface area contributed by atoms with Crippen LogP contribution in [0.5, 0.6) is 0 Å². The Bertz CT molecular complexity index is 1690. The second-order valence-corrected chi connectivity index (χ2v) is 22.7. The SMILES string of the molecule is CC/C=C\C/C=C\C/C=C\C/C=C\C/C=C\C/C=C\CCCCCCCCC(=O)OCC(COC(=O)CCCCCCCCC/C=C\CCCCCCCCC)OC(=O)CCCCCCCC/C=C\C/C=C\C/C=C\CCCCCCC. The number of allylic oxidation sites excluding steroid dienone is 20. The zero-order chi connectivity index (χ0) is 59.2. The molecular formula is C76H128O6. The third kappa shape index (κ3) is 66.6. The zero-order valence-corrected chi connectivity index (χ0v) is 53.7. The number of hydrogen-bond acceptors (Lipinski definition) is 6. The Morgan fingerprint density at radius 2 is 0.476 bits per heavy atom. The number of carbonyl (C=O) groups is 3. The third-order valence-electron chi connectivity index (χ3n) is 14.7. The van der Waals surface area contributed by atoms with E-state index in [9.17, 15) is 14.4 Å². The maximum Gasteiger partial charge on any atom is 0.306 e. The molecule has 0 aromatic rings. The number of carbonyl (C=O) groups excluding carboxylic acids is 3. The lowest BCUT2D eigenvalue weighted by atomic mass is 10.1. The van der Waals surface area contributed by atoms with Gasteiger partial charge in [-0.3, -0.25) is 14.4 Å². The molecule has 0 rings (SSSR count). The highest BCUT2D eigenvalue weighted by Crippen LogP contribution is 2.16. The van der Waals surface area contributed by atoms with Gasteiger partial charge in [-0.25, -0.2) is 0 Å². The van der Waals surface area contributed by atoms with Crippen LogP contribution < -0.4 is 0 Å². The topological polar surface area (TPSA) is 78.9 Å². The summed E-state index contributed by atoms with van der Waals surface area (Å²) in [4.78, 5) is 38.5. The van der Waals surface area contributed by atoms with Gasteiger partial charge in [0.25, 0.3) is 0 Å². The van der Waals surface area contributed by atoms with E-state index in [0.29, 0.717) is 19.3 Å². The fraction of sp³-hybridized carbons (Fsp3) is 0.697. The van der Waals surface area contributed by atoms with Crippen molar-refractivity contribution >= 4 is 17.9 Å². The molecule has 0 aliphatic rings. The van der Waals surface area contributed by atoms with Crippen molar-refractivity contribution < 1.29 is 28.6 Å². The van der Waals surface area contributed by atoms with Crippen LogP contribution >= 0.6 is 0 Å². The van der Waals surface area contributed by atoms with Crippen molar-refractivity contribution in [3.8, 4) is 0 Å². The molecule has 1 unspecified atom stereocenters. The van der Waals surface area contributed by atoms with Gasteiger partial charge in [-0.05, 0) is 135 Å². The molecule has 0 aromatic carbocycles. The predicted molar refractivity (Wildman–Crippen MR) is 357 cm³/mol. The van der Waals surface area contributed by atoms with E-state index in [2.05, 4.69) is 142 Å². The second kappa shape index (κ2) is 69.3. The molecule has 6 heteroatoms. The van der Waals surface area contributed by atoms with Crippen molar-refractivity contribution in [2.75, 3.05) is 13.2 Å². The number of hydrogen-bond donors (Lipinski definition) is 0. The molecule has 468 valence electrons. The molecular weight excluding hydrogens is 1010 g/mol. The molecule has 0 aliphatic carbocycles. The van der Waals surface area contributed by atoms with Crippen LogP contribution in [-0.2, 0) is 28.6 Å². The normalized spacial score (nSPS) is 12.9. The molecule has 82 heavy (non-hydrogen) atoms. The summed E-state index contributed by atoms with van der Waals surface area (Å²) in [5.74, 6) is -0.914. The van der Waals surface area contributed by atoms with E-state index in [1.165, 1.54) is 148 Å². The first-order valence-electron chi connectivity index (χ1n) is 34.5. The Kier molecular flexibility index (Phi) is 65.8. The minimum Gasteiger partial charge on any atom is -0.462 e. The lowest BCUT2D eigenvalue weighted by Gasteiger charge is -2.18. The highest BCUT2D eigenvalue weighted by molar-refractivity contribution is 5.71. The van der Waals surface area contributed by atoms with Crippen LogP contribution in [-0.4, -0.2) is 37.2 Å². The largest absolute Gasteiger partial charge is 0.462 e. The summed E-state index contributed by atoms with van der Waals surface area (Å²) in [6.07, 6.45) is 96.3. The molecule has 0 spiro atoms. The molecule has 0 radical (unpaired) electrons. The average Bonchev–Trinajstić information content (AvgIpc) is 3.47. The molecule has 0 heterocycles. The maximum absolute atomic E-state index is 13.0. The van der Waals surface area contributed by atoms with E-state index in [1.54, 1.807) is 0 Å². The van der Waals surface area contributed by atoms with E-state index < -0.39 is 6.10 Å². The highest BCUT2D eigenvalue weighted by atomic mass is 16.6. The summed E-state index contributed by atoms with van der Waals surface area (Å²) in [5, 5.41) is 0. The number of ether oxygens (including phenoxy) is 3. The highest BCUT2D eigenvalue weighted by Gasteiger charge is 2.19. The molecule has 0 saturated carbocycles. The molecule has 0 bridgehead atoms. The van der Waals surface area contributed by atoms with Crippen molar-refractivity contribution in [3.05, 3.63) is 122 Å². The van der Waals surface area contributed by atoms with Crippen LogP contribution in [0.4, 0.5) is 0 Å². The van der Waals surface area contributed by atoms with Gasteiger partial charge < -0.3 is 14.2 Å². The lowest BCUT2D eigenvalue weighted by molar-refractivity contribution is -0.167. The van der Waals surface area contributed by atoms with Crippen LogP contribution in [0.1, 0.15) is 323 Å². The van der Waals surface area contributed by atoms with E-state index in [1.807, 2.05) is 0 Å². The summed E-state index contributed by atoms with van der Waals surface area (Å²) >= 11 is 0. The first-order chi connectivity index (χ1) is 40.5. The van der Waals surface area contributed by atoms with Crippen LogP contribution in [0, 0.1) is 0 Å². The van der Waals surface area contributed by atoms with Gasteiger partial charge in [0.05, 0.1) is 0 Å². The molecule has 0 aliphatic heterocycles. The quantitative estimate of drug-likeness (QED) is 0.0261. The van der Waals surface area contributed by atoms with Gasteiger partial charge in [0.2, 0.25) is 0 Å². The van der Waals surface area contributed by atoms with Crippen molar-refractivity contribution in [1.29, 1.82) is 0 Å². The second-order valence-electron chi connectivity index (χ2n) is 22.7. The summed E-state index contributed by atoms with van der Waals surface area (Å²) in [7, 11) is 0. The molecule has 6 nitrogen and oxygen atoms in total. The molecule has 0 fully saturated rings. The number of esters is 3. The van der Waals surface area contributed by atoms with Gasteiger partial charge in [0.1, 0.15) is 13.2 Å². The minimum absolute atomic E-state index is 0.0920. The molecule has 0 N–H and O–H groups in total. The van der Waals surface area contributed by atoms with Crippen molar-refractivity contribution in [2.45, 2.75) is 329 Å². The van der Waals surface area contributed by atoms with E-state index in [0.717, 1.165) is 135 Å². The van der Waals surface area contributed by atoms with Gasteiger partial charge in [-0.2, -0.15) is 0 Å². The van der Waals surface area contributed by atoms with Gasteiger partial charge >= 0.3 is 17.9 Å². The molecule has 0 amide bonds. The first-order valence-corrected chi connectivity index (χ1v) is 34.5. The Morgan fingerprint density at radius 1 is 0.256 bits per heavy atom. The Morgan fingerprint density at radius 3 is 0.756 bits per heavy atom. The number of rotatable bonds is 62. The average molecular weight is 1140 g/mol. The molecule has 1 atom stereocenters. The minimum atomic E-state index is -0.799. The summed E-state index contributed by atoms with van der Waals surface area (Å²) in [6, 6.07) is 0. The van der Waals surface area contributed by atoms with Crippen LogP contribution in [0.3, 0.4) is 0 Å². The summed E-state index contributed by atoms with van der Waals surface area (Å²) < 4.78 is 17.0. The summed E-state index contributed by atoms with van der Waals surface area (Å²) in [6.45, 7) is 6.51. The van der Waals surface area contributed by atoms with Gasteiger partial charge in [0.15, 0.2) is 6.10 Å². The molecule has 0 saturated heterocycles. The van der Waals surface area contributed by atoms with Gasteiger partial charge in [-0.15, -0.1) is 0 Å². The number of unbranched alkanes of at least 4 members (excludes halogenated alkanes) is 31. The summed E-state index contributed by atoms with van der Waals surface area (Å²) in [5.41, 5.74) is 0. The fourth-order valence-corrected chi connectivity index (χ4v) is 9.51. The van der Waals surface area contributed by atoms with Crippen molar-refractivity contribution in [2.24, 2.45) is 0 Å². The zero-order valence-electron chi connectivity index (χ0n) is 53.7. The smallest absolute Gasteiger partial charge is 0.306 e. The van der Waals surface area contributed by atoms with E-state index >= 15 is 0 Å². The Hall–Kier alpha value is -4.19. The lowest BCUT2D eigenvalue weighted by Crippen LogP contribution is -2.30. The Labute approximate surface area is 507 Å². The fourth-order valence-electron chi connectivity index (χ4n) is 9.51. The standard InChI is InChI=1S/C76H128O6/c1-4-7-10-13-16-19-22-25-28-31-34-36-37-38-39-41-42-45-48-51-54-57-60-63-66-69-75(78)81-72-73(71-80-74(77)68-65-62-59-56-53-50-47-44-33-30-27-24-21-18-15-12-9-6-3)82-76(79)70-67-64-61-58-55-52-49-46-43-40-35-32-29-26-23-20-17-14-11-8-5-2/h7,10,16,19,23,25-26,28,30,32-36,38-39,42-43,45-46,73H,4-6,8-9,11-15,17-18,20-22,24,27,29,31,37,40-41,44,47-72H2,1-3H3/b10-7-,19-16-,26-23-,28-25-,33-30-,35-32-,36-34-,39-38-,45-42-,46-43-. The third-order valence-corrected chi connectivity index (χ3v) is 14.7. The van der Waals surface area contributed by atoms with E-state index in [-0.39, 0.29) is 31.1 Å². The van der Waals surface area contributed by atoms with Crippen LogP contribution in [0.15, 0.2) is 122 Å². The predicted octanol–water partition coefficient (Wildman–Crippen LogP) is 23.9. The van der Waals surface area contributed by atoms with Crippen LogP contribution in [0.25, 0.3) is 0 Å².